The van der Waals surface area contributed by atoms with Crippen LogP contribution in [0.15, 0.2) is 12.2 Å². The minimum Gasteiger partial charge on any atom is -0.387 e. The van der Waals surface area contributed by atoms with E-state index in [0.29, 0.717) is 17.4 Å². The van der Waals surface area contributed by atoms with Gasteiger partial charge >= 0.3 is 7.82 Å². The number of hydrogen-bond donors (Lipinski definition) is 3. The maximum atomic E-state index is 12.6. The number of hydrogen-bond acceptors (Lipinski definition) is 5. The summed E-state index contributed by atoms with van der Waals surface area (Å²) in [5.74, 6) is -0.185. The number of nitrogens with one attached hydrogen (secondary N) is 1. The molecule has 0 bridgehead atoms. The van der Waals surface area contributed by atoms with Gasteiger partial charge in [-0.1, -0.05) is 116 Å². The molecule has 0 aliphatic heterocycles. The second-order valence-electron chi connectivity index (χ2n) is 12.2. The van der Waals surface area contributed by atoms with Crippen LogP contribution >= 0.6 is 7.82 Å². The van der Waals surface area contributed by atoms with Crippen molar-refractivity contribution in [2.75, 3.05) is 40.9 Å². The third-order valence-corrected chi connectivity index (χ3v) is 7.99. The van der Waals surface area contributed by atoms with E-state index in [2.05, 4.69) is 19.2 Å². The summed E-state index contributed by atoms with van der Waals surface area (Å²) in [6.07, 6.45) is 22.9. The van der Waals surface area contributed by atoms with Crippen LogP contribution in [0.25, 0.3) is 0 Å². The average Bonchev–Trinajstić information content (AvgIpc) is 2.88. The number of phosphoric acid groups is 1. The van der Waals surface area contributed by atoms with Gasteiger partial charge in [0.2, 0.25) is 5.91 Å². The lowest BCUT2D eigenvalue weighted by Gasteiger charge is -2.25. The monoisotopic (exact) mass is 591 g/mol. The van der Waals surface area contributed by atoms with E-state index >= 15 is 0 Å². The molecule has 9 heteroatoms. The third kappa shape index (κ3) is 26.2. The lowest BCUT2D eigenvalue weighted by Crippen LogP contribution is -2.45. The van der Waals surface area contributed by atoms with Gasteiger partial charge < -0.3 is 19.8 Å². The van der Waals surface area contributed by atoms with Crippen molar-refractivity contribution >= 4 is 13.7 Å². The molecule has 40 heavy (non-hydrogen) atoms. The maximum absolute atomic E-state index is 12.6. The second kappa shape index (κ2) is 24.8. The molecule has 0 spiro atoms. The molecule has 3 N–H and O–H groups in total. The van der Waals surface area contributed by atoms with Crippen molar-refractivity contribution in [1.29, 1.82) is 0 Å². The van der Waals surface area contributed by atoms with Crippen molar-refractivity contribution in [2.45, 2.75) is 142 Å². The number of phosphoric ester groups is 1. The van der Waals surface area contributed by atoms with Crippen molar-refractivity contribution in [3.63, 3.8) is 0 Å². The zero-order valence-corrected chi connectivity index (χ0v) is 27.5. The van der Waals surface area contributed by atoms with Gasteiger partial charge in [-0.25, -0.2) is 4.57 Å². The molecular weight excluding hydrogens is 527 g/mol. The number of unbranched alkanes of at least 4 members (excludes halogenated alkanes) is 15. The molecule has 0 aliphatic rings. The SMILES string of the molecule is CCCCCC/C=C/C(O)C(COP(=O)(O)OCC[N+](C)(C)C)NC(=O)CCCCCCCCCCCCCC. The van der Waals surface area contributed by atoms with Crippen LogP contribution in [0.3, 0.4) is 0 Å². The topological polar surface area (TPSA) is 105 Å². The molecule has 0 saturated heterocycles. The molecule has 0 aliphatic carbocycles. The van der Waals surface area contributed by atoms with E-state index in [1.807, 2.05) is 27.2 Å². The summed E-state index contributed by atoms with van der Waals surface area (Å²) in [5.41, 5.74) is 0. The minimum atomic E-state index is -4.31. The molecule has 0 aromatic rings. The number of aliphatic hydroxyl groups is 1. The number of nitrogens with zero attached hydrogens (tertiary/aromatic N) is 1. The summed E-state index contributed by atoms with van der Waals surface area (Å²) in [5, 5.41) is 13.5. The summed E-state index contributed by atoms with van der Waals surface area (Å²) in [4.78, 5) is 22.7. The first-order chi connectivity index (χ1) is 19.0. The quantitative estimate of drug-likeness (QED) is 0.0382. The Labute approximate surface area is 246 Å². The number of aliphatic hydroxyl groups excluding tert-OH is 1. The molecule has 0 saturated carbocycles. The number of carbonyl (C=O) groups excluding carboxylic acids is 1. The van der Waals surface area contributed by atoms with Crippen molar-refractivity contribution < 1.29 is 32.9 Å². The van der Waals surface area contributed by atoms with Gasteiger partial charge in [0.1, 0.15) is 13.2 Å². The molecule has 0 fully saturated rings. The summed E-state index contributed by atoms with van der Waals surface area (Å²) in [6, 6.07) is -0.834. The van der Waals surface area contributed by atoms with E-state index in [9.17, 15) is 19.4 Å². The van der Waals surface area contributed by atoms with Crippen molar-refractivity contribution in [1.82, 2.24) is 5.32 Å². The zero-order valence-electron chi connectivity index (χ0n) is 26.6. The van der Waals surface area contributed by atoms with Crippen molar-refractivity contribution in [3.8, 4) is 0 Å². The molecule has 0 rings (SSSR count). The first kappa shape index (κ1) is 39.2. The van der Waals surface area contributed by atoms with Crippen LogP contribution in [-0.2, 0) is 18.4 Å². The molecule has 1 amide bonds. The fourth-order valence-corrected chi connectivity index (χ4v) is 5.07. The van der Waals surface area contributed by atoms with Crippen LogP contribution in [0.1, 0.15) is 129 Å². The Morgan fingerprint density at radius 3 is 1.85 bits per heavy atom. The fraction of sp³-hybridized carbons (Fsp3) is 0.903. The number of rotatable bonds is 28. The van der Waals surface area contributed by atoms with Crippen molar-refractivity contribution in [3.05, 3.63) is 12.2 Å². The molecule has 8 nitrogen and oxygen atoms in total. The minimum absolute atomic E-state index is 0.0630. The Hall–Kier alpha value is -0.760. The van der Waals surface area contributed by atoms with Crippen LogP contribution in [0.5, 0.6) is 0 Å². The Morgan fingerprint density at radius 1 is 0.825 bits per heavy atom. The predicted molar refractivity (Wildman–Crippen MR) is 166 cm³/mol. The first-order valence-electron chi connectivity index (χ1n) is 16.1. The predicted octanol–water partition coefficient (Wildman–Crippen LogP) is 7.29. The lowest BCUT2D eigenvalue weighted by molar-refractivity contribution is -0.870. The van der Waals surface area contributed by atoms with E-state index in [1.54, 1.807) is 6.08 Å². The Bertz CT molecular complexity index is 683. The van der Waals surface area contributed by atoms with Gasteiger partial charge in [0.05, 0.1) is 39.9 Å². The highest BCUT2D eigenvalue weighted by Crippen LogP contribution is 2.43. The van der Waals surface area contributed by atoms with Gasteiger partial charge in [-0.3, -0.25) is 13.8 Å². The smallest absolute Gasteiger partial charge is 0.387 e. The molecule has 0 aromatic heterocycles. The Morgan fingerprint density at radius 2 is 1.32 bits per heavy atom. The number of amides is 1. The molecule has 3 atom stereocenters. The number of allylic oxidation sites excluding steroid dienone is 1. The maximum Gasteiger partial charge on any atom is 0.472 e. The standard InChI is InChI=1S/C31H63N2O6P/c1-6-8-10-12-14-15-16-17-18-19-21-23-25-31(35)32-29(30(34)24-22-20-13-11-9-7-2)28-39-40(36,37)38-27-26-33(3,4)5/h22,24,29-30,34H,6-21,23,25-28H2,1-5H3,(H-,32,35,36,37)/p+1/b24-22+. The van der Waals surface area contributed by atoms with E-state index in [-0.39, 0.29) is 19.1 Å². The van der Waals surface area contributed by atoms with E-state index in [0.717, 1.165) is 44.9 Å². The van der Waals surface area contributed by atoms with E-state index < -0.39 is 20.0 Å². The Balaban J connectivity index is 4.52. The second-order valence-corrected chi connectivity index (χ2v) is 13.6. The molecule has 0 radical (unpaired) electrons. The van der Waals surface area contributed by atoms with Gasteiger partial charge in [0.25, 0.3) is 0 Å². The van der Waals surface area contributed by atoms with Crippen LogP contribution < -0.4 is 5.32 Å². The Kier molecular flexibility index (Phi) is 24.3. The normalized spacial score (nSPS) is 15.3. The summed E-state index contributed by atoms with van der Waals surface area (Å²) in [6.45, 7) is 4.69. The van der Waals surface area contributed by atoms with Crippen LogP contribution in [0, 0.1) is 0 Å². The van der Waals surface area contributed by atoms with Gasteiger partial charge in [-0.15, -0.1) is 0 Å². The zero-order chi connectivity index (χ0) is 30.1. The number of likely N-dealkylation sites (N-methyl/N-ethyl adjacent to an activating group) is 1. The highest BCUT2D eigenvalue weighted by molar-refractivity contribution is 7.47. The first-order valence-corrected chi connectivity index (χ1v) is 17.6. The van der Waals surface area contributed by atoms with Gasteiger partial charge in [-0.05, 0) is 19.3 Å². The van der Waals surface area contributed by atoms with Gasteiger partial charge in [0.15, 0.2) is 0 Å². The van der Waals surface area contributed by atoms with Crippen molar-refractivity contribution in [2.24, 2.45) is 0 Å². The largest absolute Gasteiger partial charge is 0.472 e. The van der Waals surface area contributed by atoms with E-state index in [4.69, 9.17) is 9.05 Å². The molecule has 0 heterocycles. The van der Waals surface area contributed by atoms with Gasteiger partial charge in [0, 0.05) is 6.42 Å². The van der Waals surface area contributed by atoms with Crippen LogP contribution in [0.2, 0.25) is 0 Å². The fourth-order valence-electron chi connectivity index (χ4n) is 4.33. The third-order valence-electron chi connectivity index (χ3n) is 7.01. The molecular formula is C31H64N2O6P+. The lowest BCUT2D eigenvalue weighted by atomic mass is 10.0. The van der Waals surface area contributed by atoms with Gasteiger partial charge in [-0.2, -0.15) is 0 Å². The highest BCUT2D eigenvalue weighted by atomic mass is 31.2. The molecule has 0 aromatic carbocycles. The number of quaternary nitrogens is 1. The summed E-state index contributed by atoms with van der Waals surface area (Å²) in [7, 11) is 1.57. The van der Waals surface area contributed by atoms with E-state index in [1.165, 1.54) is 64.2 Å². The summed E-state index contributed by atoms with van der Waals surface area (Å²) < 4.78 is 23.2. The van der Waals surface area contributed by atoms with Crippen LogP contribution in [0.4, 0.5) is 0 Å². The molecule has 3 unspecified atom stereocenters. The number of carbonyl (C=O) groups is 1. The average molecular weight is 592 g/mol. The molecule has 238 valence electrons. The van der Waals surface area contributed by atoms with Crippen LogP contribution in [-0.4, -0.2) is 73.4 Å². The summed E-state index contributed by atoms with van der Waals surface area (Å²) >= 11 is 0. The highest BCUT2D eigenvalue weighted by Gasteiger charge is 2.27.